The molecule has 2 aromatic rings. The molecule has 122 valence electrons. The fraction of sp³-hybridized carbons (Fsp3) is 0.250. The van der Waals surface area contributed by atoms with Gasteiger partial charge in [-0.3, -0.25) is 4.90 Å². The van der Waals surface area contributed by atoms with Crippen LogP contribution < -0.4 is 4.74 Å². The number of benzene rings is 2. The van der Waals surface area contributed by atoms with Crippen LogP contribution in [-0.2, 0) is 19.6 Å². The number of hydrogen-bond donors (Lipinski definition) is 0. The number of fused-ring (bicyclic) bond motifs is 1. The van der Waals surface area contributed by atoms with Gasteiger partial charge in [0.15, 0.2) is 0 Å². The Kier molecular flexibility index (Phi) is 4.75. The van der Waals surface area contributed by atoms with Crippen LogP contribution in [0.15, 0.2) is 36.4 Å². The lowest BCUT2D eigenvalue weighted by Crippen LogP contribution is -2.17. The van der Waals surface area contributed by atoms with Crippen LogP contribution in [0.5, 0.6) is 5.75 Å². The summed E-state index contributed by atoms with van der Waals surface area (Å²) in [6, 6.07) is 9.90. The summed E-state index contributed by atoms with van der Waals surface area (Å²) in [5.74, 6) is -0.202. The van der Waals surface area contributed by atoms with Gasteiger partial charge in [-0.25, -0.2) is 0 Å². The Bertz CT molecular complexity index is 719. The molecule has 0 amide bonds. The van der Waals surface area contributed by atoms with Gasteiger partial charge in [-0.1, -0.05) is 23.7 Å². The second-order valence-corrected chi connectivity index (χ2v) is 6.96. The van der Waals surface area contributed by atoms with Crippen molar-refractivity contribution >= 4 is 34.2 Å². The van der Waals surface area contributed by atoms with Crippen molar-refractivity contribution in [1.82, 2.24) is 4.90 Å². The predicted octanol–water partition coefficient (Wildman–Crippen LogP) is 5.36. The van der Waals surface area contributed by atoms with Crippen LogP contribution in [0.4, 0.5) is 13.2 Å². The van der Waals surface area contributed by atoms with Gasteiger partial charge in [0.25, 0.3) is 0 Å². The molecule has 0 saturated carbocycles. The Balaban J connectivity index is 1.66. The van der Waals surface area contributed by atoms with Crippen molar-refractivity contribution < 1.29 is 17.9 Å². The lowest BCUT2D eigenvalue weighted by Gasteiger charge is -2.15. The van der Waals surface area contributed by atoms with Gasteiger partial charge in [-0.05, 0) is 63.5 Å². The maximum atomic E-state index is 12.1. The molecule has 0 unspecified atom stereocenters. The molecule has 2 aromatic carbocycles. The van der Waals surface area contributed by atoms with Crippen molar-refractivity contribution in [2.24, 2.45) is 0 Å². The van der Waals surface area contributed by atoms with E-state index in [2.05, 4.69) is 32.2 Å². The second kappa shape index (κ2) is 6.49. The summed E-state index contributed by atoms with van der Waals surface area (Å²) in [6.45, 7) is 2.26. The topological polar surface area (TPSA) is 12.5 Å². The van der Waals surface area contributed by atoms with Gasteiger partial charge in [0.05, 0.1) is 0 Å². The maximum Gasteiger partial charge on any atom is 0.573 e. The lowest BCUT2D eigenvalue weighted by molar-refractivity contribution is -0.274. The van der Waals surface area contributed by atoms with Crippen LogP contribution in [-0.4, -0.2) is 11.3 Å². The van der Waals surface area contributed by atoms with Crippen LogP contribution in [0.25, 0.3) is 0 Å². The summed E-state index contributed by atoms with van der Waals surface area (Å²) in [6.07, 6.45) is -4.66. The summed E-state index contributed by atoms with van der Waals surface area (Å²) >= 11 is 8.35. The monoisotopic (exact) mass is 453 g/mol. The zero-order chi connectivity index (χ0) is 16.6. The van der Waals surface area contributed by atoms with Crippen LogP contribution in [0.3, 0.4) is 0 Å². The fourth-order valence-electron chi connectivity index (χ4n) is 2.66. The van der Waals surface area contributed by atoms with Crippen molar-refractivity contribution in [3.05, 3.63) is 61.7 Å². The molecule has 0 atom stereocenters. The Morgan fingerprint density at radius 3 is 2.48 bits per heavy atom. The third-order valence-electron chi connectivity index (χ3n) is 3.59. The molecule has 0 saturated heterocycles. The van der Waals surface area contributed by atoms with E-state index in [9.17, 15) is 13.2 Å². The molecule has 2 nitrogen and oxygen atoms in total. The largest absolute Gasteiger partial charge is 0.573 e. The number of rotatable bonds is 3. The minimum atomic E-state index is -4.66. The van der Waals surface area contributed by atoms with E-state index in [1.807, 2.05) is 12.1 Å². The zero-order valence-electron chi connectivity index (χ0n) is 11.8. The van der Waals surface area contributed by atoms with E-state index < -0.39 is 6.36 Å². The minimum absolute atomic E-state index is 0.202. The van der Waals surface area contributed by atoms with E-state index in [-0.39, 0.29) is 5.75 Å². The quantitative estimate of drug-likeness (QED) is 0.580. The maximum absolute atomic E-state index is 12.1. The molecule has 1 heterocycles. The predicted molar refractivity (Wildman–Crippen MR) is 90.2 cm³/mol. The Hall–Kier alpha value is -0.990. The zero-order valence-corrected chi connectivity index (χ0v) is 14.7. The first kappa shape index (κ1) is 16.9. The van der Waals surface area contributed by atoms with E-state index in [1.165, 1.54) is 23.3 Å². The van der Waals surface area contributed by atoms with Gasteiger partial charge in [-0.15, -0.1) is 13.2 Å². The highest BCUT2D eigenvalue weighted by Gasteiger charge is 2.31. The van der Waals surface area contributed by atoms with Gasteiger partial charge in [0.1, 0.15) is 5.75 Å². The van der Waals surface area contributed by atoms with Crippen molar-refractivity contribution in [3.8, 4) is 5.75 Å². The van der Waals surface area contributed by atoms with Crippen molar-refractivity contribution in [3.63, 3.8) is 0 Å². The molecule has 23 heavy (non-hydrogen) atoms. The van der Waals surface area contributed by atoms with E-state index in [4.69, 9.17) is 11.6 Å². The van der Waals surface area contributed by atoms with E-state index in [1.54, 1.807) is 12.1 Å². The van der Waals surface area contributed by atoms with E-state index >= 15 is 0 Å². The Morgan fingerprint density at radius 1 is 1.13 bits per heavy atom. The number of nitrogens with zero attached hydrogens (tertiary/aromatic N) is 1. The first-order chi connectivity index (χ1) is 10.8. The second-order valence-electron chi connectivity index (χ2n) is 5.36. The lowest BCUT2D eigenvalue weighted by atomic mass is 10.1. The summed E-state index contributed by atoms with van der Waals surface area (Å²) in [4.78, 5) is 2.22. The fourth-order valence-corrected chi connectivity index (χ4v) is 3.94. The van der Waals surface area contributed by atoms with Crippen LogP contribution in [0.1, 0.15) is 16.7 Å². The average molecular weight is 454 g/mol. The SMILES string of the molecule is FC(F)(F)Oc1ccc(CN2Cc3cc(Cl)cc(I)c3C2)cc1. The van der Waals surface area contributed by atoms with Crippen molar-refractivity contribution in [1.29, 1.82) is 0 Å². The molecule has 0 aromatic heterocycles. The van der Waals surface area contributed by atoms with E-state index in [0.717, 1.165) is 27.2 Å². The standard InChI is InChI=1S/C16H12ClF3INO/c17-12-5-11-8-22(9-14(11)15(21)6-12)7-10-1-3-13(4-2-10)23-16(18,19)20/h1-6H,7-9H2. The Morgan fingerprint density at radius 2 is 1.83 bits per heavy atom. The van der Waals surface area contributed by atoms with Gasteiger partial charge in [0, 0.05) is 28.2 Å². The van der Waals surface area contributed by atoms with Gasteiger partial charge in [-0.2, -0.15) is 0 Å². The molecule has 0 N–H and O–H groups in total. The molecule has 0 radical (unpaired) electrons. The molecular weight excluding hydrogens is 442 g/mol. The summed E-state index contributed by atoms with van der Waals surface area (Å²) in [7, 11) is 0. The molecule has 3 rings (SSSR count). The smallest absolute Gasteiger partial charge is 0.406 e. The Labute approximate surface area is 150 Å². The molecule has 1 aliphatic rings. The van der Waals surface area contributed by atoms with Gasteiger partial charge >= 0.3 is 6.36 Å². The van der Waals surface area contributed by atoms with Crippen molar-refractivity contribution in [2.75, 3.05) is 0 Å². The third kappa shape index (κ3) is 4.30. The molecule has 0 fully saturated rings. The first-order valence-electron chi connectivity index (χ1n) is 6.84. The molecule has 0 spiro atoms. The number of alkyl halides is 3. The number of ether oxygens (including phenoxy) is 1. The summed E-state index contributed by atoms with van der Waals surface area (Å²) in [5.41, 5.74) is 3.42. The number of halogens is 5. The highest BCUT2D eigenvalue weighted by molar-refractivity contribution is 14.1. The van der Waals surface area contributed by atoms with Crippen LogP contribution in [0, 0.1) is 3.57 Å². The highest BCUT2D eigenvalue weighted by Crippen LogP contribution is 2.31. The summed E-state index contributed by atoms with van der Waals surface area (Å²) in [5, 5.41) is 0.726. The molecule has 0 aliphatic carbocycles. The first-order valence-corrected chi connectivity index (χ1v) is 8.30. The molecular formula is C16H12ClF3INO. The normalized spacial score (nSPS) is 14.8. The number of hydrogen-bond acceptors (Lipinski definition) is 2. The minimum Gasteiger partial charge on any atom is -0.406 e. The van der Waals surface area contributed by atoms with E-state index in [0.29, 0.717) is 6.54 Å². The van der Waals surface area contributed by atoms with Gasteiger partial charge < -0.3 is 4.74 Å². The highest BCUT2D eigenvalue weighted by atomic mass is 127. The van der Waals surface area contributed by atoms with Crippen molar-refractivity contribution in [2.45, 2.75) is 26.0 Å². The summed E-state index contributed by atoms with van der Waals surface area (Å²) < 4.78 is 41.5. The molecule has 1 aliphatic heterocycles. The van der Waals surface area contributed by atoms with Gasteiger partial charge in [0.2, 0.25) is 0 Å². The third-order valence-corrected chi connectivity index (χ3v) is 4.77. The molecule has 0 bridgehead atoms. The average Bonchev–Trinajstić information content (AvgIpc) is 2.82. The molecule has 7 heteroatoms. The van der Waals surface area contributed by atoms with Crippen LogP contribution in [0.2, 0.25) is 5.02 Å². The van der Waals surface area contributed by atoms with Crippen LogP contribution >= 0.6 is 34.2 Å².